The first-order valence-electron chi connectivity index (χ1n) is 9.08. The van der Waals surface area contributed by atoms with E-state index in [9.17, 15) is 9.18 Å². The predicted octanol–water partition coefficient (Wildman–Crippen LogP) is 4.21. The highest BCUT2D eigenvalue weighted by molar-refractivity contribution is 6.32. The van der Waals surface area contributed by atoms with Gasteiger partial charge in [-0.1, -0.05) is 11.6 Å². The highest BCUT2D eigenvalue weighted by Crippen LogP contribution is 2.27. The van der Waals surface area contributed by atoms with Gasteiger partial charge in [-0.3, -0.25) is 4.79 Å². The van der Waals surface area contributed by atoms with Crippen molar-refractivity contribution in [2.45, 2.75) is 26.9 Å². The number of aryl methyl sites for hydroxylation is 2. The fourth-order valence-corrected chi connectivity index (χ4v) is 3.43. The molecule has 0 saturated carbocycles. The Balaban J connectivity index is 1.57. The molecule has 3 rings (SSSR count). The molecule has 6 heteroatoms. The molecule has 144 valence electrons. The SMILES string of the molecule is Cc1cc(O[C@H](C)C(=O)N2CCN(c3ccc(F)cc3)CC2)cc(C)c1Cl. The van der Waals surface area contributed by atoms with Gasteiger partial charge in [0.15, 0.2) is 6.10 Å². The molecule has 1 atom stereocenters. The third-order valence-corrected chi connectivity index (χ3v) is 5.45. The van der Waals surface area contributed by atoms with Crippen LogP contribution < -0.4 is 9.64 Å². The molecule has 0 spiro atoms. The van der Waals surface area contributed by atoms with Gasteiger partial charge in [-0.2, -0.15) is 0 Å². The van der Waals surface area contributed by atoms with Gasteiger partial charge in [0, 0.05) is 36.9 Å². The van der Waals surface area contributed by atoms with Crippen molar-refractivity contribution in [1.82, 2.24) is 4.90 Å². The molecule has 0 N–H and O–H groups in total. The van der Waals surface area contributed by atoms with Crippen molar-refractivity contribution in [3.05, 3.63) is 58.4 Å². The number of ether oxygens (including phenoxy) is 1. The third-order valence-electron chi connectivity index (χ3n) is 4.85. The molecule has 27 heavy (non-hydrogen) atoms. The zero-order valence-corrected chi connectivity index (χ0v) is 16.6. The molecule has 0 unspecified atom stereocenters. The van der Waals surface area contributed by atoms with Gasteiger partial charge >= 0.3 is 0 Å². The van der Waals surface area contributed by atoms with Crippen molar-refractivity contribution >= 4 is 23.2 Å². The van der Waals surface area contributed by atoms with Gasteiger partial charge in [0.25, 0.3) is 5.91 Å². The molecule has 0 bridgehead atoms. The Bertz CT molecular complexity index is 794. The van der Waals surface area contributed by atoms with Crippen LogP contribution in [0.5, 0.6) is 5.75 Å². The zero-order chi connectivity index (χ0) is 19.6. The summed E-state index contributed by atoms with van der Waals surface area (Å²) in [5, 5.41) is 0.721. The first-order valence-corrected chi connectivity index (χ1v) is 9.45. The van der Waals surface area contributed by atoms with Crippen LogP contribution in [0.4, 0.5) is 10.1 Å². The van der Waals surface area contributed by atoms with Crippen molar-refractivity contribution in [3.63, 3.8) is 0 Å². The van der Waals surface area contributed by atoms with Crippen molar-refractivity contribution in [1.29, 1.82) is 0 Å². The number of rotatable bonds is 4. The van der Waals surface area contributed by atoms with E-state index in [1.54, 1.807) is 19.1 Å². The first kappa shape index (κ1) is 19.5. The number of anilines is 1. The number of halogens is 2. The van der Waals surface area contributed by atoms with Crippen molar-refractivity contribution < 1.29 is 13.9 Å². The summed E-state index contributed by atoms with van der Waals surface area (Å²) >= 11 is 6.19. The number of piperazine rings is 1. The van der Waals surface area contributed by atoms with E-state index in [1.807, 2.05) is 30.9 Å². The van der Waals surface area contributed by atoms with E-state index in [0.717, 1.165) is 21.8 Å². The number of carbonyl (C=O) groups excluding carboxylic acids is 1. The molecule has 2 aromatic carbocycles. The topological polar surface area (TPSA) is 32.8 Å². The lowest BCUT2D eigenvalue weighted by Crippen LogP contribution is -2.52. The highest BCUT2D eigenvalue weighted by atomic mass is 35.5. The normalized spacial score (nSPS) is 15.6. The minimum Gasteiger partial charge on any atom is -0.481 e. The summed E-state index contributed by atoms with van der Waals surface area (Å²) in [6.45, 7) is 8.26. The second-order valence-corrected chi connectivity index (χ2v) is 7.30. The Kier molecular flexibility index (Phi) is 5.90. The molecule has 0 aromatic heterocycles. The number of hydrogen-bond donors (Lipinski definition) is 0. The molecule has 1 aliphatic heterocycles. The molecule has 2 aromatic rings. The van der Waals surface area contributed by atoms with Crippen molar-refractivity contribution in [3.8, 4) is 5.75 Å². The first-order chi connectivity index (χ1) is 12.8. The Morgan fingerprint density at radius 2 is 1.63 bits per heavy atom. The maximum atomic E-state index is 13.1. The van der Waals surface area contributed by atoms with Crippen molar-refractivity contribution in [2.75, 3.05) is 31.1 Å². The summed E-state index contributed by atoms with van der Waals surface area (Å²) < 4.78 is 18.9. The lowest BCUT2D eigenvalue weighted by atomic mass is 10.1. The summed E-state index contributed by atoms with van der Waals surface area (Å²) in [4.78, 5) is 16.7. The van der Waals surface area contributed by atoms with Crippen molar-refractivity contribution in [2.24, 2.45) is 0 Å². The fourth-order valence-electron chi connectivity index (χ4n) is 3.32. The number of nitrogens with zero attached hydrogens (tertiary/aromatic N) is 2. The van der Waals surface area contributed by atoms with E-state index in [2.05, 4.69) is 4.90 Å². The summed E-state index contributed by atoms with van der Waals surface area (Å²) in [5.41, 5.74) is 2.83. The van der Waals surface area contributed by atoms with Crippen LogP contribution in [0.15, 0.2) is 36.4 Å². The maximum absolute atomic E-state index is 13.1. The lowest BCUT2D eigenvalue weighted by molar-refractivity contribution is -0.138. The summed E-state index contributed by atoms with van der Waals surface area (Å²) in [5.74, 6) is 0.380. The van der Waals surface area contributed by atoms with Crippen LogP contribution >= 0.6 is 11.6 Å². The maximum Gasteiger partial charge on any atom is 0.263 e. The van der Waals surface area contributed by atoms with Gasteiger partial charge in [0.2, 0.25) is 0 Å². The molecule has 1 aliphatic rings. The second-order valence-electron chi connectivity index (χ2n) is 6.92. The number of carbonyl (C=O) groups is 1. The van der Waals surface area contributed by atoms with Crippen LogP contribution in [0.25, 0.3) is 0 Å². The molecule has 1 heterocycles. The van der Waals surface area contributed by atoms with Crippen LogP contribution in [-0.4, -0.2) is 43.1 Å². The minimum atomic E-state index is -0.567. The molecule has 1 amide bonds. The predicted molar refractivity (Wildman–Crippen MR) is 106 cm³/mol. The molecule has 4 nitrogen and oxygen atoms in total. The van der Waals surface area contributed by atoms with Gasteiger partial charge < -0.3 is 14.5 Å². The van der Waals surface area contributed by atoms with Crippen LogP contribution in [0.3, 0.4) is 0 Å². The second kappa shape index (κ2) is 8.17. The summed E-state index contributed by atoms with van der Waals surface area (Å²) in [7, 11) is 0. The van der Waals surface area contributed by atoms with E-state index < -0.39 is 6.10 Å². The number of benzene rings is 2. The highest BCUT2D eigenvalue weighted by Gasteiger charge is 2.26. The quantitative estimate of drug-likeness (QED) is 0.783. The third kappa shape index (κ3) is 4.53. The van der Waals surface area contributed by atoms with Crippen LogP contribution in [0.1, 0.15) is 18.1 Å². The van der Waals surface area contributed by atoms with Crippen LogP contribution in [0, 0.1) is 19.7 Å². The summed E-state index contributed by atoms with van der Waals surface area (Å²) in [6, 6.07) is 10.2. The summed E-state index contributed by atoms with van der Waals surface area (Å²) in [6.07, 6.45) is -0.567. The Morgan fingerprint density at radius 3 is 2.19 bits per heavy atom. The van der Waals surface area contributed by atoms with E-state index in [-0.39, 0.29) is 11.7 Å². The van der Waals surface area contributed by atoms with Gasteiger partial charge in [0.1, 0.15) is 11.6 Å². The fraction of sp³-hybridized carbons (Fsp3) is 0.381. The van der Waals surface area contributed by atoms with Crippen LogP contribution in [-0.2, 0) is 4.79 Å². The number of amides is 1. The van der Waals surface area contributed by atoms with Gasteiger partial charge in [0.05, 0.1) is 0 Å². The van der Waals surface area contributed by atoms with Gasteiger partial charge in [-0.15, -0.1) is 0 Å². The van der Waals surface area contributed by atoms with E-state index in [4.69, 9.17) is 16.3 Å². The molecule has 0 radical (unpaired) electrons. The Hall–Kier alpha value is -2.27. The van der Waals surface area contributed by atoms with E-state index >= 15 is 0 Å². The minimum absolute atomic E-state index is 0.0287. The number of hydrogen-bond acceptors (Lipinski definition) is 3. The van der Waals surface area contributed by atoms with Crippen LogP contribution in [0.2, 0.25) is 5.02 Å². The molecule has 0 aliphatic carbocycles. The molecular weight excluding hydrogens is 367 g/mol. The standard InChI is InChI=1S/C21H24ClFN2O2/c1-14-12-19(13-15(2)20(14)22)27-16(3)21(26)25-10-8-24(9-11-25)18-6-4-17(23)5-7-18/h4-7,12-13,16H,8-11H2,1-3H3/t16-/m1/s1. The van der Waals surface area contributed by atoms with Gasteiger partial charge in [-0.05, 0) is 68.3 Å². The Morgan fingerprint density at radius 1 is 1.07 bits per heavy atom. The average Bonchev–Trinajstić information content (AvgIpc) is 2.66. The Labute approximate surface area is 164 Å². The van der Waals surface area contributed by atoms with Gasteiger partial charge in [-0.25, -0.2) is 4.39 Å². The largest absolute Gasteiger partial charge is 0.481 e. The van der Waals surface area contributed by atoms with E-state index in [1.165, 1.54) is 12.1 Å². The average molecular weight is 391 g/mol. The lowest BCUT2D eigenvalue weighted by Gasteiger charge is -2.37. The molecular formula is C21H24ClFN2O2. The monoisotopic (exact) mass is 390 g/mol. The smallest absolute Gasteiger partial charge is 0.263 e. The van der Waals surface area contributed by atoms with E-state index in [0.29, 0.717) is 31.9 Å². The molecule has 1 fully saturated rings. The zero-order valence-electron chi connectivity index (χ0n) is 15.8. The molecule has 1 saturated heterocycles.